The molecule has 100 valence electrons. The van der Waals surface area contributed by atoms with Crippen LogP contribution in [0.4, 0.5) is 5.69 Å². The van der Waals surface area contributed by atoms with Gasteiger partial charge in [0, 0.05) is 3.57 Å². The van der Waals surface area contributed by atoms with Gasteiger partial charge in [0.1, 0.15) is 0 Å². The van der Waals surface area contributed by atoms with Gasteiger partial charge >= 0.3 is 0 Å². The fourth-order valence-corrected chi connectivity index (χ4v) is 2.75. The van der Waals surface area contributed by atoms with Crippen LogP contribution in [0.15, 0.2) is 36.4 Å². The van der Waals surface area contributed by atoms with E-state index < -0.39 is 0 Å². The summed E-state index contributed by atoms with van der Waals surface area (Å²) in [6.45, 7) is 0. The molecule has 0 fully saturated rings. The molecule has 20 heavy (non-hydrogen) atoms. The molecule has 0 aromatic heterocycles. The van der Waals surface area contributed by atoms with Gasteiger partial charge in [-0.3, -0.25) is 9.59 Å². The van der Waals surface area contributed by atoms with E-state index in [1.165, 1.54) is 12.1 Å². The highest BCUT2D eigenvalue weighted by Gasteiger charge is 2.37. The largest absolute Gasteiger partial charge is 0.268 e. The van der Waals surface area contributed by atoms with E-state index in [-0.39, 0.29) is 33.0 Å². The van der Waals surface area contributed by atoms with Crippen LogP contribution in [0.25, 0.3) is 0 Å². The number of rotatable bonds is 1. The summed E-state index contributed by atoms with van der Waals surface area (Å²) in [5.74, 6) is -0.769. The SMILES string of the molecule is O=C1c2cc(Cl)c(Cl)cc2C(=O)N1c1ccc(I)cc1. The number of anilines is 1. The molecular formula is C14H6Cl2INO2. The van der Waals surface area contributed by atoms with Gasteiger partial charge in [-0.2, -0.15) is 0 Å². The maximum Gasteiger partial charge on any atom is 0.266 e. The Morgan fingerprint density at radius 1 is 0.850 bits per heavy atom. The van der Waals surface area contributed by atoms with Gasteiger partial charge in [0.25, 0.3) is 11.8 Å². The van der Waals surface area contributed by atoms with Gasteiger partial charge in [0.15, 0.2) is 0 Å². The summed E-state index contributed by atoms with van der Waals surface area (Å²) in [5.41, 5.74) is 1.09. The Morgan fingerprint density at radius 3 is 1.75 bits per heavy atom. The lowest BCUT2D eigenvalue weighted by Gasteiger charge is -2.13. The molecule has 1 aliphatic heterocycles. The van der Waals surface area contributed by atoms with E-state index in [1.807, 2.05) is 12.1 Å². The summed E-state index contributed by atoms with van der Waals surface area (Å²) in [4.78, 5) is 25.8. The molecule has 0 atom stereocenters. The maximum absolute atomic E-state index is 12.4. The highest BCUT2D eigenvalue weighted by atomic mass is 127. The van der Waals surface area contributed by atoms with Gasteiger partial charge < -0.3 is 0 Å². The van der Waals surface area contributed by atoms with Crippen LogP contribution in [0.2, 0.25) is 10.0 Å². The third kappa shape index (κ3) is 2.12. The number of imide groups is 1. The van der Waals surface area contributed by atoms with E-state index >= 15 is 0 Å². The highest BCUT2D eigenvalue weighted by Crippen LogP contribution is 2.33. The van der Waals surface area contributed by atoms with Crippen molar-refractivity contribution in [2.75, 3.05) is 4.90 Å². The molecule has 3 nitrogen and oxygen atoms in total. The monoisotopic (exact) mass is 417 g/mol. The van der Waals surface area contributed by atoms with Crippen LogP contribution < -0.4 is 4.90 Å². The van der Waals surface area contributed by atoms with E-state index in [4.69, 9.17) is 23.2 Å². The molecule has 3 rings (SSSR count). The molecule has 2 aromatic rings. The predicted octanol–water partition coefficient (Wildman–Crippen LogP) is 4.40. The minimum atomic E-state index is -0.384. The van der Waals surface area contributed by atoms with Gasteiger partial charge in [-0.15, -0.1) is 0 Å². The summed E-state index contributed by atoms with van der Waals surface area (Å²) in [5, 5.41) is 0.520. The van der Waals surface area contributed by atoms with Crippen LogP contribution >= 0.6 is 45.8 Å². The molecule has 0 unspecified atom stereocenters. The molecule has 0 aliphatic carbocycles. The van der Waals surface area contributed by atoms with Crippen molar-refractivity contribution in [3.63, 3.8) is 0 Å². The number of hydrogen-bond donors (Lipinski definition) is 0. The smallest absolute Gasteiger partial charge is 0.266 e. The van der Waals surface area contributed by atoms with Crippen molar-refractivity contribution in [1.29, 1.82) is 0 Å². The van der Waals surface area contributed by atoms with Crippen LogP contribution in [-0.4, -0.2) is 11.8 Å². The first-order valence-corrected chi connectivity index (χ1v) is 7.46. The minimum absolute atomic E-state index is 0.260. The molecule has 2 amide bonds. The number of hydrogen-bond acceptors (Lipinski definition) is 2. The molecule has 2 aromatic carbocycles. The van der Waals surface area contributed by atoms with Gasteiger partial charge in [-0.05, 0) is 59.0 Å². The molecule has 0 spiro atoms. The third-order valence-electron chi connectivity index (χ3n) is 3.01. The summed E-state index contributed by atoms with van der Waals surface area (Å²) >= 11 is 14.0. The van der Waals surface area contributed by atoms with Crippen LogP contribution in [0.1, 0.15) is 20.7 Å². The van der Waals surface area contributed by atoms with E-state index in [2.05, 4.69) is 22.6 Å². The lowest BCUT2D eigenvalue weighted by Crippen LogP contribution is -2.29. The fourth-order valence-electron chi connectivity index (χ4n) is 2.06. The Bertz CT molecular complexity index is 703. The Kier molecular flexibility index (Phi) is 3.48. The average molecular weight is 418 g/mol. The first-order valence-electron chi connectivity index (χ1n) is 5.62. The molecule has 1 aliphatic rings. The zero-order chi connectivity index (χ0) is 14.4. The van der Waals surface area contributed by atoms with Crippen LogP contribution in [0.3, 0.4) is 0 Å². The number of carbonyl (C=O) groups excluding carboxylic acids is 2. The van der Waals surface area contributed by atoms with Crippen molar-refractivity contribution in [3.8, 4) is 0 Å². The summed E-state index contributed by atoms with van der Waals surface area (Å²) < 4.78 is 1.02. The van der Waals surface area contributed by atoms with Crippen molar-refractivity contribution in [1.82, 2.24) is 0 Å². The van der Waals surface area contributed by atoms with Crippen molar-refractivity contribution >= 4 is 63.3 Å². The van der Waals surface area contributed by atoms with Gasteiger partial charge in [0.05, 0.1) is 26.9 Å². The lowest BCUT2D eigenvalue weighted by molar-refractivity contribution is 0.0926. The van der Waals surface area contributed by atoms with Gasteiger partial charge in [0.2, 0.25) is 0 Å². The lowest BCUT2D eigenvalue weighted by atomic mass is 10.1. The number of amides is 2. The quantitative estimate of drug-likeness (QED) is 0.509. The van der Waals surface area contributed by atoms with Crippen molar-refractivity contribution in [2.45, 2.75) is 0 Å². The number of benzene rings is 2. The maximum atomic E-state index is 12.4. The second-order valence-electron chi connectivity index (χ2n) is 4.23. The number of carbonyl (C=O) groups is 2. The van der Waals surface area contributed by atoms with Crippen LogP contribution in [-0.2, 0) is 0 Å². The molecule has 1 heterocycles. The first kappa shape index (κ1) is 13.9. The van der Waals surface area contributed by atoms with E-state index in [0.29, 0.717) is 5.69 Å². The first-order chi connectivity index (χ1) is 9.49. The number of fused-ring (bicyclic) bond motifs is 1. The highest BCUT2D eigenvalue weighted by molar-refractivity contribution is 14.1. The Labute approximate surface area is 138 Å². The fraction of sp³-hybridized carbons (Fsp3) is 0. The van der Waals surface area contributed by atoms with Gasteiger partial charge in [-0.1, -0.05) is 23.2 Å². The summed E-state index contributed by atoms with van der Waals surface area (Å²) in [7, 11) is 0. The van der Waals surface area contributed by atoms with Crippen LogP contribution in [0, 0.1) is 3.57 Å². The third-order valence-corrected chi connectivity index (χ3v) is 4.45. The summed E-state index contributed by atoms with van der Waals surface area (Å²) in [6.07, 6.45) is 0. The normalized spacial score (nSPS) is 13.8. The van der Waals surface area contributed by atoms with Crippen molar-refractivity contribution in [3.05, 3.63) is 61.1 Å². The van der Waals surface area contributed by atoms with Crippen molar-refractivity contribution < 1.29 is 9.59 Å². The molecule has 0 radical (unpaired) electrons. The van der Waals surface area contributed by atoms with E-state index in [9.17, 15) is 9.59 Å². The Hall–Kier alpha value is -1.11. The average Bonchev–Trinajstić information content (AvgIpc) is 2.65. The van der Waals surface area contributed by atoms with Crippen LogP contribution in [0.5, 0.6) is 0 Å². The number of halogens is 3. The Balaban J connectivity index is 2.12. The standard InChI is InChI=1S/C14H6Cl2INO2/c15-11-5-9-10(6-12(11)16)14(20)18(13(9)19)8-3-1-7(17)2-4-8/h1-6H. The second-order valence-corrected chi connectivity index (χ2v) is 6.29. The molecule has 0 saturated heterocycles. The zero-order valence-electron chi connectivity index (χ0n) is 9.86. The molecular weight excluding hydrogens is 412 g/mol. The Morgan fingerprint density at radius 2 is 1.30 bits per heavy atom. The molecule has 0 bridgehead atoms. The minimum Gasteiger partial charge on any atom is -0.268 e. The predicted molar refractivity (Wildman–Crippen MR) is 86.8 cm³/mol. The topological polar surface area (TPSA) is 37.4 Å². The number of nitrogens with zero attached hydrogens (tertiary/aromatic N) is 1. The van der Waals surface area contributed by atoms with Gasteiger partial charge in [-0.25, -0.2) is 4.90 Å². The zero-order valence-corrected chi connectivity index (χ0v) is 13.5. The van der Waals surface area contributed by atoms with Crippen molar-refractivity contribution in [2.24, 2.45) is 0 Å². The van der Waals surface area contributed by atoms with E-state index in [1.54, 1.807) is 12.1 Å². The second kappa shape index (κ2) is 5.02. The molecule has 6 heteroatoms. The molecule has 0 saturated carbocycles. The van der Waals surface area contributed by atoms with E-state index in [0.717, 1.165) is 8.47 Å². The molecule has 0 N–H and O–H groups in total. The summed E-state index contributed by atoms with van der Waals surface area (Å²) in [6, 6.07) is 10.00.